The molecule has 4 nitrogen and oxygen atoms in total. The van der Waals surface area contributed by atoms with Crippen LogP contribution in [0.1, 0.15) is 23.0 Å². The molecule has 0 amide bonds. The third-order valence-corrected chi connectivity index (χ3v) is 3.71. The van der Waals surface area contributed by atoms with E-state index in [0.717, 1.165) is 11.1 Å². The van der Waals surface area contributed by atoms with Gasteiger partial charge < -0.3 is 4.98 Å². The number of nitriles is 1. The number of Topliss-reactive ketones (excluding diaryl/α,β-unsaturated/α-hetero) is 1. The molecule has 0 unspecified atom stereocenters. The molecule has 0 aliphatic heterocycles. The monoisotopic (exact) mass is 321 g/mol. The first kappa shape index (κ1) is 15.0. The lowest BCUT2D eigenvalue weighted by Gasteiger charge is -1.99. The number of aromatic amines is 1. The second kappa shape index (κ2) is 6.07. The maximum Gasteiger partial charge on any atom is 0.178 e. The van der Waals surface area contributed by atoms with E-state index < -0.39 is 0 Å². The maximum absolute atomic E-state index is 11.9. The third kappa shape index (κ3) is 3.01. The first-order valence-corrected chi connectivity index (χ1v) is 7.33. The number of hydrogen-bond acceptors (Lipinski definition) is 3. The molecule has 1 heterocycles. The van der Waals surface area contributed by atoms with Crippen LogP contribution in [-0.4, -0.2) is 15.8 Å². The van der Waals surface area contributed by atoms with Crippen LogP contribution >= 0.6 is 11.6 Å². The smallest absolute Gasteiger partial charge is 0.178 e. The van der Waals surface area contributed by atoms with Gasteiger partial charge in [0.2, 0.25) is 0 Å². The predicted molar refractivity (Wildman–Crippen MR) is 89.2 cm³/mol. The molecule has 0 saturated heterocycles. The van der Waals surface area contributed by atoms with Gasteiger partial charge >= 0.3 is 0 Å². The minimum Gasteiger partial charge on any atom is -0.335 e. The molecular formula is C18H12ClN3O. The molecule has 0 bridgehead atoms. The van der Waals surface area contributed by atoms with E-state index in [1.54, 1.807) is 36.4 Å². The van der Waals surface area contributed by atoms with Gasteiger partial charge in [0.15, 0.2) is 5.78 Å². The van der Waals surface area contributed by atoms with Gasteiger partial charge in [0.05, 0.1) is 17.3 Å². The summed E-state index contributed by atoms with van der Waals surface area (Å²) in [6.45, 7) is 1.50. The molecule has 0 aliphatic carbocycles. The van der Waals surface area contributed by atoms with Crippen molar-refractivity contribution in [1.29, 1.82) is 5.26 Å². The van der Waals surface area contributed by atoms with Crippen LogP contribution < -0.4 is 0 Å². The van der Waals surface area contributed by atoms with Gasteiger partial charge in [-0.3, -0.25) is 4.79 Å². The number of nitrogens with zero attached hydrogens (tertiary/aromatic N) is 2. The number of aromatic nitrogens is 2. The summed E-state index contributed by atoms with van der Waals surface area (Å²) in [5.41, 5.74) is 3.24. The Morgan fingerprint density at radius 2 is 1.70 bits per heavy atom. The van der Waals surface area contributed by atoms with Crippen LogP contribution in [0.4, 0.5) is 0 Å². The molecule has 1 N–H and O–H groups in total. The summed E-state index contributed by atoms with van der Waals surface area (Å²) in [5.74, 6) is 0.493. The summed E-state index contributed by atoms with van der Waals surface area (Å²) in [7, 11) is 0. The number of hydrogen-bond donors (Lipinski definition) is 1. The zero-order chi connectivity index (χ0) is 16.4. The Kier molecular flexibility index (Phi) is 3.96. The number of ketones is 1. The minimum absolute atomic E-state index is 0.0951. The summed E-state index contributed by atoms with van der Waals surface area (Å²) in [5, 5.41) is 9.49. The fourth-order valence-corrected chi connectivity index (χ4v) is 2.41. The highest BCUT2D eigenvalue weighted by molar-refractivity contribution is 6.30. The topological polar surface area (TPSA) is 69.5 Å². The fourth-order valence-electron chi connectivity index (χ4n) is 2.28. The normalized spacial score (nSPS) is 10.3. The van der Waals surface area contributed by atoms with E-state index >= 15 is 0 Å². The van der Waals surface area contributed by atoms with Crippen molar-refractivity contribution in [3.05, 3.63) is 64.8 Å². The lowest BCUT2D eigenvalue weighted by molar-refractivity contribution is 0.101. The Morgan fingerprint density at radius 3 is 2.26 bits per heavy atom. The molecular weight excluding hydrogens is 310 g/mol. The molecule has 0 saturated carbocycles. The van der Waals surface area contributed by atoms with Crippen LogP contribution in [0.3, 0.4) is 0 Å². The highest BCUT2D eigenvalue weighted by Gasteiger charge is 2.16. The van der Waals surface area contributed by atoms with Gasteiger partial charge in [0, 0.05) is 23.1 Å². The van der Waals surface area contributed by atoms with Crippen LogP contribution in [-0.2, 0) is 0 Å². The number of nitrogens with one attached hydrogen (secondary N) is 1. The number of benzene rings is 2. The van der Waals surface area contributed by atoms with E-state index in [2.05, 4.69) is 16.0 Å². The van der Waals surface area contributed by atoms with Gasteiger partial charge in [-0.25, -0.2) is 4.98 Å². The predicted octanol–water partition coefficient (Wildman–Crippen LogP) is 4.47. The quantitative estimate of drug-likeness (QED) is 0.723. The zero-order valence-corrected chi connectivity index (χ0v) is 13.1. The molecule has 1 aromatic heterocycles. The molecule has 3 aromatic rings. The summed E-state index contributed by atoms with van der Waals surface area (Å²) in [6, 6.07) is 16.3. The van der Waals surface area contributed by atoms with Crippen molar-refractivity contribution >= 4 is 17.4 Å². The minimum atomic E-state index is -0.0951. The molecule has 2 aromatic carbocycles. The van der Waals surface area contributed by atoms with E-state index in [0.29, 0.717) is 27.8 Å². The molecule has 0 aliphatic rings. The van der Waals surface area contributed by atoms with E-state index in [1.807, 2.05) is 12.1 Å². The summed E-state index contributed by atoms with van der Waals surface area (Å²) >= 11 is 5.91. The number of carbonyl (C=O) groups excluding carboxylic acids is 1. The third-order valence-electron chi connectivity index (χ3n) is 3.46. The van der Waals surface area contributed by atoms with Gasteiger partial charge in [-0.1, -0.05) is 23.7 Å². The Hall–Kier alpha value is -2.90. The van der Waals surface area contributed by atoms with Crippen molar-refractivity contribution in [3.63, 3.8) is 0 Å². The van der Waals surface area contributed by atoms with Crippen LogP contribution in [0, 0.1) is 11.3 Å². The first-order chi connectivity index (χ1) is 11.1. The van der Waals surface area contributed by atoms with Crippen LogP contribution in [0.15, 0.2) is 48.5 Å². The lowest BCUT2D eigenvalue weighted by atomic mass is 10.1. The molecule has 0 fully saturated rings. The Bertz CT molecular complexity index is 903. The number of H-pyrrole nitrogens is 1. The lowest BCUT2D eigenvalue weighted by Crippen LogP contribution is -1.95. The first-order valence-electron chi connectivity index (χ1n) is 6.96. The Morgan fingerprint density at radius 1 is 1.09 bits per heavy atom. The van der Waals surface area contributed by atoms with Gasteiger partial charge in [-0.05, 0) is 36.4 Å². The molecule has 112 valence electrons. The highest BCUT2D eigenvalue weighted by Crippen LogP contribution is 2.27. The van der Waals surface area contributed by atoms with Gasteiger partial charge in [0.25, 0.3) is 0 Å². The van der Waals surface area contributed by atoms with E-state index in [-0.39, 0.29) is 5.78 Å². The molecule has 23 heavy (non-hydrogen) atoms. The van der Waals surface area contributed by atoms with Crippen molar-refractivity contribution in [3.8, 4) is 28.7 Å². The van der Waals surface area contributed by atoms with Crippen molar-refractivity contribution in [2.45, 2.75) is 6.92 Å². The van der Waals surface area contributed by atoms with Gasteiger partial charge in [0.1, 0.15) is 11.5 Å². The van der Waals surface area contributed by atoms with E-state index in [1.165, 1.54) is 6.92 Å². The van der Waals surface area contributed by atoms with Crippen molar-refractivity contribution in [2.24, 2.45) is 0 Å². The second-order valence-corrected chi connectivity index (χ2v) is 5.50. The average molecular weight is 322 g/mol. The largest absolute Gasteiger partial charge is 0.335 e. The standard InChI is InChI=1S/C18H12ClN3O/c1-11(23)16-17(13-6-8-15(19)9-7-13)22-18(21-16)14-4-2-12(10-20)3-5-14/h2-9H,1H3,(H,21,22). The average Bonchev–Trinajstić information content (AvgIpc) is 3.01. The number of rotatable bonds is 3. The highest BCUT2D eigenvalue weighted by atomic mass is 35.5. The maximum atomic E-state index is 11.9. The Balaban J connectivity index is 2.10. The summed E-state index contributed by atoms with van der Waals surface area (Å²) in [6.07, 6.45) is 0. The molecule has 0 atom stereocenters. The van der Waals surface area contributed by atoms with Crippen LogP contribution in [0.25, 0.3) is 22.6 Å². The van der Waals surface area contributed by atoms with Gasteiger partial charge in [-0.15, -0.1) is 0 Å². The number of halogens is 1. The van der Waals surface area contributed by atoms with E-state index in [9.17, 15) is 4.79 Å². The van der Waals surface area contributed by atoms with E-state index in [4.69, 9.17) is 16.9 Å². The van der Waals surface area contributed by atoms with Crippen LogP contribution in [0.5, 0.6) is 0 Å². The summed E-state index contributed by atoms with van der Waals surface area (Å²) in [4.78, 5) is 19.5. The van der Waals surface area contributed by atoms with Crippen molar-refractivity contribution < 1.29 is 4.79 Å². The Labute approximate surface area is 138 Å². The summed E-state index contributed by atoms with van der Waals surface area (Å²) < 4.78 is 0. The number of imidazole rings is 1. The SMILES string of the molecule is CC(=O)c1[nH]c(-c2ccc(C#N)cc2)nc1-c1ccc(Cl)cc1. The van der Waals surface area contributed by atoms with Crippen LogP contribution in [0.2, 0.25) is 5.02 Å². The molecule has 0 radical (unpaired) electrons. The second-order valence-electron chi connectivity index (χ2n) is 5.06. The van der Waals surface area contributed by atoms with Crippen molar-refractivity contribution in [2.75, 3.05) is 0 Å². The van der Waals surface area contributed by atoms with Crippen molar-refractivity contribution in [1.82, 2.24) is 9.97 Å². The fraction of sp³-hybridized carbons (Fsp3) is 0.0556. The molecule has 3 rings (SSSR count). The molecule has 5 heteroatoms. The number of carbonyl (C=O) groups is 1. The molecule has 0 spiro atoms. The van der Waals surface area contributed by atoms with Gasteiger partial charge in [-0.2, -0.15) is 5.26 Å². The zero-order valence-electron chi connectivity index (χ0n) is 12.3.